The van der Waals surface area contributed by atoms with Crippen LogP contribution in [0, 0.1) is 11.7 Å². The molecule has 0 spiro atoms. The average Bonchev–Trinajstić information content (AvgIpc) is 2.36. The van der Waals surface area contributed by atoms with Crippen molar-refractivity contribution in [1.82, 2.24) is 5.43 Å². The van der Waals surface area contributed by atoms with Crippen LogP contribution in [0.5, 0.6) is 0 Å². The van der Waals surface area contributed by atoms with Crippen LogP contribution < -0.4 is 11.3 Å². The Morgan fingerprint density at radius 1 is 1.24 bits per heavy atom. The van der Waals surface area contributed by atoms with Gasteiger partial charge >= 0.3 is 0 Å². The van der Waals surface area contributed by atoms with Crippen LogP contribution in [0.15, 0.2) is 24.3 Å². The van der Waals surface area contributed by atoms with Crippen molar-refractivity contribution in [2.75, 3.05) is 0 Å². The molecule has 0 aliphatic carbocycles. The van der Waals surface area contributed by atoms with Crippen LogP contribution >= 0.6 is 0 Å². The second-order valence-electron chi connectivity index (χ2n) is 4.58. The molecule has 2 nitrogen and oxygen atoms in total. The van der Waals surface area contributed by atoms with E-state index in [0.717, 1.165) is 24.8 Å². The maximum Gasteiger partial charge on any atom is 0.126 e. The fourth-order valence-electron chi connectivity index (χ4n) is 2.16. The summed E-state index contributed by atoms with van der Waals surface area (Å²) < 4.78 is 13.5. The van der Waals surface area contributed by atoms with Gasteiger partial charge in [0.25, 0.3) is 0 Å². The molecule has 0 heterocycles. The van der Waals surface area contributed by atoms with Crippen molar-refractivity contribution < 1.29 is 4.39 Å². The molecule has 1 aromatic carbocycles. The number of benzene rings is 1. The summed E-state index contributed by atoms with van der Waals surface area (Å²) in [5.41, 5.74) is 3.55. The first-order chi connectivity index (χ1) is 8.21. The minimum absolute atomic E-state index is 0.141. The van der Waals surface area contributed by atoms with Gasteiger partial charge in [0.05, 0.1) is 0 Å². The highest BCUT2D eigenvalue weighted by Crippen LogP contribution is 2.18. The largest absolute Gasteiger partial charge is 0.271 e. The van der Waals surface area contributed by atoms with E-state index in [-0.39, 0.29) is 11.9 Å². The number of hydrogen-bond donors (Lipinski definition) is 2. The summed E-state index contributed by atoms with van der Waals surface area (Å²) in [5, 5.41) is 0. The summed E-state index contributed by atoms with van der Waals surface area (Å²) in [6.07, 6.45) is 3.94. The Morgan fingerprint density at radius 3 is 2.41 bits per heavy atom. The van der Waals surface area contributed by atoms with Gasteiger partial charge in [-0.2, -0.15) is 0 Å². The fourth-order valence-corrected chi connectivity index (χ4v) is 2.16. The quantitative estimate of drug-likeness (QED) is 0.566. The van der Waals surface area contributed by atoms with Gasteiger partial charge in [0.2, 0.25) is 0 Å². The highest BCUT2D eigenvalue weighted by Gasteiger charge is 2.14. The molecule has 0 aliphatic rings. The lowest BCUT2D eigenvalue weighted by Gasteiger charge is -2.21. The van der Waals surface area contributed by atoms with Gasteiger partial charge in [-0.05, 0) is 30.4 Å². The molecule has 0 bridgehead atoms. The van der Waals surface area contributed by atoms with E-state index in [0.29, 0.717) is 12.3 Å². The molecule has 0 fully saturated rings. The highest BCUT2D eigenvalue weighted by atomic mass is 19.1. The van der Waals surface area contributed by atoms with Gasteiger partial charge in [0, 0.05) is 6.04 Å². The summed E-state index contributed by atoms with van der Waals surface area (Å²) in [5.74, 6) is 6.07. The fraction of sp³-hybridized carbons (Fsp3) is 0.571. The van der Waals surface area contributed by atoms with E-state index in [4.69, 9.17) is 5.84 Å². The van der Waals surface area contributed by atoms with Crippen molar-refractivity contribution in [2.45, 2.75) is 45.6 Å². The monoisotopic (exact) mass is 238 g/mol. The SMILES string of the molecule is CCC(CC)CC(Cc1ccccc1F)NN. The first-order valence-electron chi connectivity index (χ1n) is 6.40. The van der Waals surface area contributed by atoms with Gasteiger partial charge in [0.15, 0.2) is 0 Å². The molecule has 0 aromatic heterocycles. The molecular weight excluding hydrogens is 215 g/mol. The Bertz CT molecular complexity index is 324. The van der Waals surface area contributed by atoms with Crippen LogP contribution in [0.4, 0.5) is 4.39 Å². The van der Waals surface area contributed by atoms with Crippen molar-refractivity contribution in [3.8, 4) is 0 Å². The molecule has 96 valence electrons. The first-order valence-corrected chi connectivity index (χ1v) is 6.40. The Morgan fingerprint density at radius 2 is 1.88 bits per heavy atom. The molecule has 0 saturated heterocycles. The molecular formula is C14H23FN2. The average molecular weight is 238 g/mol. The zero-order valence-electron chi connectivity index (χ0n) is 10.7. The van der Waals surface area contributed by atoms with Gasteiger partial charge in [-0.25, -0.2) is 4.39 Å². The number of hydrogen-bond acceptors (Lipinski definition) is 2. The Hall–Kier alpha value is -0.930. The normalized spacial score (nSPS) is 13.0. The molecule has 0 saturated carbocycles. The third kappa shape index (κ3) is 4.44. The van der Waals surface area contributed by atoms with E-state index in [1.54, 1.807) is 6.07 Å². The minimum Gasteiger partial charge on any atom is -0.271 e. The van der Waals surface area contributed by atoms with Crippen molar-refractivity contribution in [3.63, 3.8) is 0 Å². The topological polar surface area (TPSA) is 38.0 Å². The number of halogens is 1. The molecule has 0 aliphatic heterocycles. The predicted molar refractivity (Wildman–Crippen MR) is 69.9 cm³/mol. The lowest BCUT2D eigenvalue weighted by molar-refractivity contribution is 0.364. The second kappa shape index (κ2) is 7.41. The Kier molecular flexibility index (Phi) is 6.16. The highest BCUT2D eigenvalue weighted by molar-refractivity contribution is 5.18. The number of rotatable bonds is 7. The van der Waals surface area contributed by atoms with E-state index in [2.05, 4.69) is 19.3 Å². The van der Waals surface area contributed by atoms with E-state index in [9.17, 15) is 4.39 Å². The molecule has 0 radical (unpaired) electrons. The van der Waals surface area contributed by atoms with E-state index < -0.39 is 0 Å². The molecule has 17 heavy (non-hydrogen) atoms. The zero-order chi connectivity index (χ0) is 12.7. The van der Waals surface area contributed by atoms with Gasteiger partial charge in [-0.15, -0.1) is 0 Å². The molecule has 1 unspecified atom stereocenters. The van der Waals surface area contributed by atoms with E-state index in [1.165, 1.54) is 6.07 Å². The van der Waals surface area contributed by atoms with Gasteiger partial charge < -0.3 is 0 Å². The summed E-state index contributed by atoms with van der Waals surface area (Å²) in [6.45, 7) is 4.37. The summed E-state index contributed by atoms with van der Waals surface area (Å²) in [7, 11) is 0. The van der Waals surface area contributed by atoms with Crippen LogP contribution in [0.3, 0.4) is 0 Å². The summed E-state index contributed by atoms with van der Waals surface area (Å²) in [4.78, 5) is 0. The third-order valence-corrected chi connectivity index (χ3v) is 3.43. The Balaban J connectivity index is 2.61. The van der Waals surface area contributed by atoms with Crippen LogP contribution in [0.2, 0.25) is 0 Å². The molecule has 3 N–H and O–H groups in total. The van der Waals surface area contributed by atoms with Crippen molar-refractivity contribution >= 4 is 0 Å². The lowest BCUT2D eigenvalue weighted by Crippen LogP contribution is -2.38. The summed E-state index contributed by atoms with van der Waals surface area (Å²) >= 11 is 0. The van der Waals surface area contributed by atoms with Crippen LogP contribution in [0.1, 0.15) is 38.7 Å². The maximum atomic E-state index is 13.5. The smallest absolute Gasteiger partial charge is 0.126 e. The minimum atomic E-state index is -0.141. The van der Waals surface area contributed by atoms with E-state index in [1.807, 2.05) is 12.1 Å². The molecule has 0 amide bonds. The van der Waals surface area contributed by atoms with Crippen molar-refractivity contribution in [3.05, 3.63) is 35.6 Å². The zero-order valence-corrected chi connectivity index (χ0v) is 10.7. The van der Waals surface area contributed by atoms with Crippen LogP contribution in [0.25, 0.3) is 0 Å². The molecule has 1 atom stereocenters. The van der Waals surface area contributed by atoms with Gasteiger partial charge in [0.1, 0.15) is 5.82 Å². The number of nitrogens with one attached hydrogen (secondary N) is 1. The van der Waals surface area contributed by atoms with Crippen LogP contribution in [-0.2, 0) is 6.42 Å². The standard InChI is InChI=1S/C14H23FN2/c1-3-11(4-2)9-13(17-16)10-12-7-5-6-8-14(12)15/h5-8,11,13,17H,3-4,9-10,16H2,1-2H3. The number of hydrazine groups is 1. The van der Waals surface area contributed by atoms with Gasteiger partial charge in [-0.3, -0.25) is 11.3 Å². The third-order valence-electron chi connectivity index (χ3n) is 3.43. The molecule has 1 rings (SSSR count). The van der Waals surface area contributed by atoms with Crippen molar-refractivity contribution in [1.29, 1.82) is 0 Å². The molecule has 3 heteroatoms. The predicted octanol–water partition coefficient (Wildman–Crippen LogP) is 3.03. The second-order valence-corrected chi connectivity index (χ2v) is 4.58. The summed E-state index contributed by atoms with van der Waals surface area (Å²) in [6, 6.07) is 7.05. The van der Waals surface area contributed by atoms with Crippen LogP contribution in [-0.4, -0.2) is 6.04 Å². The lowest BCUT2D eigenvalue weighted by atomic mass is 9.92. The molecule has 1 aromatic rings. The van der Waals surface area contributed by atoms with Crippen molar-refractivity contribution in [2.24, 2.45) is 11.8 Å². The van der Waals surface area contributed by atoms with E-state index >= 15 is 0 Å². The maximum absolute atomic E-state index is 13.5. The van der Waals surface area contributed by atoms with Gasteiger partial charge in [-0.1, -0.05) is 44.9 Å². The Labute approximate surface area is 103 Å². The number of nitrogens with two attached hydrogens (primary N) is 1. The first kappa shape index (κ1) is 14.1.